The molecule has 2 unspecified atom stereocenters. The maximum atomic E-state index is 12.7. The molecule has 3 nitrogen and oxygen atoms in total. The molecule has 0 aromatic carbocycles. The van der Waals surface area contributed by atoms with Gasteiger partial charge in [0.05, 0.1) is 18.5 Å². The van der Waals surface area contributed by atoms with Crippen molar-refractivity contribution in [2.24, 2.45) is 5.92 Å². The van der Waals surface area contributed by atoms with Gasteiger partial charge in [0.2, 0.25) is 0 Å². The van der Waals surface area contributed by atoms with Crippen LogP contribution < -0.4 is 5.32 Å². The maximum absolute atomic E-state index is 12.7. The second kappa shape index (κ2) is 6.67. The number of hydrogen-bond donors (Lipinski definition) is 2. The molecule has 0 aliphatic carbocycles. The molecule has 1 rings (SSSR count). The average molecular weight is 240 g/mol. The summed E-state index contributed by atoms with van der Waals surface area (Å²) in [5.74, 6) is 0.190. The van der Waals surface area contributed by atoms with Crippen LogP contribution in [0.4, 0.5) is 4.39 Å². The van der Waals surface area contributed by atoms with Crippen molar-refractivity contribution in [3.05, 3.63) is 29.8 Å². The Balaban J connectivity index is 2.57. The molecule has 0 amide bonds. The molecule has 2 atom stereocenters. The fourth-order valence-corrected chi connectivity index (χ4v) is 1.85. The molecule has 0 aliphatic heterocycles. The molecular weight excluding hydrogens is 219 g/mol. The van der Waals surface area contributed by atoms with E-state index >= 15 is 0 Å². The third-order valence-corrected chi connectivity index (χ3v) is 2.66. The van der Waals surface area contributed by atoms with E-state index < -0.39 is 0 Å². The summed E-state index contributed by atoms with van der Waals surface area (Å²) < 4.78 is 12.7. The first-order valence-corrected chi connectivity index (χ1v) is 6.01. The van der Waals surface area contributed by atoms with Crippen molar-refractivity contribution in [2.75, 3.05) is 6.61 Å². The lowest BCUT2D eigenvalue weighted by Gasteiger charge is -2.22. The van der Waals surface area contributed by atoms with Gasteiger partial charge in [-0.3, -0.25) is 4.98 Å². The Hall–Kier alpha value is -1.00. The van der Waals surface area contributed by atoms with Gasteiger partial charge in [0.15, 0.2) is 0 Å². The van der Waals surface area contributed by atoms with Crippen LogP contribution in [0.3, 0.4) is 0 Å². The maximum Gasteiger partial charge on any atom is 0.141 e. The van der Waals surface area contributed by atoms with Crippen LogP contribution in [0.2, 0.25) is 0 Å². The van der Waals surface area contributed by atoms with Crippen LogP contribution >= 0.6 is 0 Å². The van der Waals surface area contributed by atoms with Gasteiger partial charge in [-0.25, -0.2) is 4.39 Å². The van der Waals surface area contributed by atoms with E-state index in [2.05, 4.69) is 24.1 Å². The first-order valence-electron chi connectivity index (χ1n) is 6.01. The fourth-order valence-electron chi connectivity index (χ4n) is 1.85. The Labute approximate surface area is 102 Å². The van der Waals surface area contributed by atoms with Crippen LogP contribution in [0, 0.1) is 11.7 Å². The molecule has 0 saturated heterocycles. The van der Waals surface area contributed by atoms with Crippen molar-refractivity contribution in [3.63, 3.8) is 0 Å². The van der Waals surface area contributed by atoms with Crippen molar-refractivity contribution in [3.8, 4) is 0 Å². The molecule has 17 heavy (non-hydrogen) atoms. The van der Waals surface area contributed by atoms with E-state index in [0.717, 1.165) is 12.1 Å². The number of pyridine rings is 1. The molecule has 1 heterocycles. The van der Waals surface area contributed by atoms with Gasteiger partial charge in [0, 0.05) is 12.1 Å². The SMILES string of the molecule is CC(C)CC(CO)NC(C)c1ccc(F)cn1. The van der Waals surface area contributed by atoms with E-state index in [1.807, 2.05) is 6.92 Å². The number of aliphatic hydroxyl groups excluding tert-OH is 1. The van der Waals surface area contributed by atoms with Gasteiger partial charge in [-0.05, 0) is 31.4 Å². The van der Waals surface area contributed by atoms with Gasteiger partial charge in [0.25, 0.3) is 0 Å². The first kappa shape index (κ1) is 14.1. The molecule has 4 heteroatoms. The van der Waals surface area contributed by atoms with Crippen LogP contribution in [-0.4, -0.2) is 22.7 Å². The van der Waals surface area contributed by atoms with Crippen LogP contribution in [0.15, 0.2) is 18.3 Å². The zero-order valence-corrected chi connectivity index (χ0v) is 10.7. The van der Waals surface area contributed by atoms with E-state index in [4.69, 9.17) is 0 Å². The number of aromatic nitrogens is 1. The van der Waals surface area contributed by atoms with Crippen molar-refractivity contribution in [1.29, 1.82) is 0 Å². The van der Waals surface area contributed by atoms with Crippen LogP contribution in [0.5, 0.6) is 0 Å². The minimum Gasteiger partial charge on any atom is -0.395 e. The van der Waals surface area contributed by atoms with Gasteiger partial charge in [0.1, 0.15) is 5.82 Å². The third kappa shape index (κ3) is 4.79. The highest BCUT2D eigenvalue weighted by Crippen LogP contribution is 2.13. The van der Waals surface area contributed by atoms with E-state index in [9.17, 15) is 9.50 Å². The largest absolute Gasteiger partial charge is 0.395 e. The predicted molar refractivity (Wildman–Crippen MR) is 66.1 cm³/mol. The fraction of sp³-hybridized carbons (Fsp3) is 0.615. The van der Waals surface area contributed by atoms with Crippen LogP contribution in [0.1, 0.15) is 38.9 Å². The summed E-state index contributed by atoms with van der Waals surface area (Å²) >= 11 is 0. The Morgan fingerprint density at radius 1 is 1.35 bits per heavy atom. The summed E-state index contributed by atoms with van der Waals surface area (Å²) in [6, 6.07) is 3.12. The van der Waals surface area contributed by atoms with E-state index in [1.165, 1.54) is 12.3 Å². The average Bonchev–Trinajstić information content (AvgIpc) is 2.28. The van der Waals surface area contributed by atoms with E-state index in [0.29, 0.717) is 5.92 Å². The molecule has 2 N–H and O–H groups in total. The second-order valence-corrected chi connectivity index (χ2v) is 4.80. The molecule has 1 aromatic heterocycles. The third-order valence-electron chi connectivity index (χ3n) is 2.66. The molecule has 96 valence electrons. The van der Waals surface area contributed by atoms with Crippen molar-refractivity contribution in [1.82, 2.24) is 10.3 Å². The van der Waals surface area contributed by atoms with E-state index in [-0.39, 0.29) is 24.5 Å². The Kier molecular flexibility index (Phi) is 5.51. The zero-order valence-electron chi connectivity index (χ0n) is 10.7. The Bertz CT molecular complexity index is 327. The highest BCUT2D eigenvalue weighted by atomic mass is 19.1. The van der Waals surface area contributed by atoms with Gasteiger partial charge in [-0.2, -0.15) is 0 Å². The molecule has 0 radical (unpaired) electrons. The summed E-state index contributed by atoms with van der Waals surface area (Å²) in [6.45, 7) is 6.29. The number of hydrogen-bond acceptors (Lipinski definition) is 3. The minimum atomic E-state index is -0.332. The smallest absolute Gasteiger partial charge is 0.141 e. The Morgan fingerprint density at radius 2 is 2.06 bits per heavy atom. The standard InChI is InChI=1S/C13H21FN2O/c1-9(2)6-12(8-17)16-10(3)13-5-4-11(14)7-15-13/h4-5,7,9-10,12,16-17H,6,8H2,1-3H3. The van der Waals surface area contributed by atoms with Crippen molar-refractivity contribution >= 4 is 0 Å². The van der Waals surface area contributed by atoms with Gasteiger partial charge < -0.3 is 10.4 Å². The summed E-state index contributed by atoms with van der Waals surface area (Å²) in [6.07, 6.45) is 2.12. The molecule has 1 aromatic rings. The van der Waals surface area contributed by atoms with Gasteiger partial charge >= 0.3 is 0 Å². The quantitative estimate of drug-likeness (QED) is 0.802. The molecule has 0 spiro atoms. The van der Waals surface area contributed by atoms with Gasteiger partial charge in [-0.15, -0.1) is 0 Å². The monoisotopic (exact) mass is 240 g/mol. The zero-order chi connectivity index (χ0) is 12.8. The normalized spacial score (nSPS) is 14.9. The second-order valence-electron chi connectivity index (χ2n) is 4.80. The highest BCUT2D eigenvalue weighted by molar-refractivity contribution is 5.09. The highest BCUT2D eigenvalue weighted by Gasteiger charge is 2.14. The Morgan fingerprint density at radius 3 is 2.53 bits per heavy atom. The molecule has 0 bridgehead atoms. The first-order chi connectivity index (χ1) is 8.02. The predicted octanol–water partition coefficient (Wildman–Crippen LogP) is 2.28. The van der Waals surface area contributed by atoms with Crippen LogP contribution in [0.25, 0.3) is 0 Å². The van der Waals surface area contributed by atoms with Gasteiger partial charge in [-0.1, -0.05) is 13.8 Å². The number of aliphatic hydroxyl groups is 1. The van der Waals surface area contributed by atoms with E-state index in [1.54, 1.807) is 6.07 Å². The molecule has 0 saturated carbocycles. The molecule has 0 fully saturated rings. The topological polar surface area (TPSA) is 45.1 Å². The summed E-state index contributed by atoms with van der Waals surface area (Å²) in [5, 5.41) is 12.6. The molecular formula is C13H21FN2O. The number of nitrogens with one attached hydrogen (secondary N) is 1. The number of rotatable bonds is 6. The van der Waals surface area contributed by atoms with Crippen LogP contribution in [-0.2, 0) is 0 Å². The lowest BCUT2D eigenvalue weighted by molar-refractivity contribution is 0.214. The summed E-state index contributed by atoms with van der Waals surface area (Å²) in [5.41, 5.74) is 0.786. The summed E-state index contributed by atoms with van der Waals surface area (Å²) in [4.78, 5) is 4.03. The summed E-state index contributed by atoms with van der Waals surface area (Å²) in [7, 11) is 0. The van der Waals surface area contributed by atoms with Crippen molar-refractivity contribution < 1.29 is 9.50 Å². The lowest BCUT2D eigenvalue weighted by atomic mass is 10.0. The van der Waals surface area contributed by atoms with Crippen molar-refractivity contribution in [2.45, 2.75) is 39.3 Å². The lowest BCUT2D eigenvalue weighted by Crippen LogP contribution is -2.35. The minimum absolute atomic E-state index is 0.00602. The number of halogens is 1. The molecule has 0 aliphatic rings. The number of nitrogens with zero attached hydrogens (tertiary/aromatic N) is 1.